The summed E-state index contributed by atoms with van der Waals surface area (Å²) in [5.74, 6) is -1.52. The molecule has 3 aromatic carbocycles. The number of nitrogens with one attached hydrogen (secondary N) is 2. The smallest absolute Gasteiger partial charge is 0.255 e. The van der Waals surface area contributed by atoms with Crippen LogP contribution in [0.15, 0.2) is 103 Å². The van der Waals surface area contributed by atoms with Crippen molar-refractivity contribution in [1.82, 2.24) is 24.3 Å². The minimum Gasteiger partial charge on any atom is -0.491 e. The molecule has 3 N–H and O–H groups in total. The van der Waals surface area contributed by atoms with Gasteiger partial charge in [0.05, 0.1) is 17.1 Å². The lowest BCUT2D eigenvalue weighted by Gasteiger charge is -2.17. The van der Waals surface area contributed by atoms with Crippen molar-refractivity contribution in [2.75, 3.05) is 37.9 Å². The van der Waals surface area contributed by atoms with Crippen LogP contribution in [0.3, 0.4) is 0 Å². The number of carbonyl (C=O) groups excluding carboxylic acids is 1. The van der Waals surface area contributed by atoms with Crippen molar-refractivity contribution in [2.24, 2.45) is 0 Å². The Hall–Kier alpha value is -5.72. The highest BCUT2D eigenvalue weighted by molar-refractivity contribution is 6.05. The minimum atomic E-state index is -0.872. The summed E-state index contributed by atoms with van der Waals surface area (Å²) in [6, 6.07) is 24.6. The van der Waals surface area contributed by atoms with E-state index in [9.17, 15) is 18.7 Å². The maximum absolute atomic E-state index is 14.2. The van der Waals surface area contributed by atoms with E-state index in [4.69, 9.17) is 14.7 Å². The van der Waals surface area contributed by atoms with Gasteiger partial charge in [0.1, 0.15) is 41.4 Å². The number of benzene rings is 3. The monoisotopic (exact) mass is 635 g/mol. The molecule has 0 saturated carbocycles. The van der Waals surface area contributed by atoms with Crippen molar-refractivity contribution in [3.8, 4) is 28.4 Å². The number of imidazole rings is 1. The molecule has 1 atom stereocenters. The van der Waals surface area contributed by atoms with Gasteiger partial charge in [0.15, 0.2) is 0 Å². The number of carbonyl (C=O) groups is 1. The number of nitrogens with zero attached hydrogens (tertiary/aromatic N) is 5. The van der Waals surface area contributed by atoms with Gasteiger partial charge in [-0.3, -0.25) is 9.20 Å². The Balaban J connectivity index is 1.29. The summed E-state index contributed by atoms with van der Waals surface area (Å²) in [5, 5.41) is 15.7. The molecular formula is C35H31F2N7O3. The number of ether oxygens (including phenoxy) is 1. The van der Waals surface area contributed by atoms with Crippen molar-refractivity contribution >= 4 is 28.9 Å². The molecule has 10 nitrogen and oxygen atoms in total. The van der Waals surface area contributed by atoms with Gasteiger partial charge in [-0.2, -0.15) is 0 Å². The van der Waals surface area contributed by atoms with Crippen LogP contribution in [0.25, 0.3) is 28.3 Å². The van der Waals surface area contributed by atoms with E-state index in [0.717, 1.165) is 12.1 Å². The first kappa shape index (κ1) is 31.3. The number of rotatable bonds is 11. The highest BCUT2D eigenvalue weighted by Crippen LogP contribution is 2.33. The number of pyridine rings is 1. The second-order valence-corrected chi connectivity index (χ2v) is 11.0. The topological polar surface area (TPSA) is 117 Å². The number of aliphatic hydroxyl groups excluding tert-OH is 1. The maximum atomic E-state index is 14.2. The minimum absolute atomic E-state index is 0.146. The molecule has 0 aliphatic carbocycles. The van der Waals surface area contributed by atoms with Gasteiger partial charge >= 0.3 is 0 Å². The summed E-state index contributed by atoms with van der Waals surface area (Å²) < 4.78 is 36.1. The van der Waals surface area contributed by atoms with E-state index in [1.165, 1.54) is 6.07 Å². The van der Waals surface area contributed by atoms with Gasteiger partial charge in [0.25, 0.3) is 5.91 Å². The number of fused-ring (bicyclic) bond motifs is 1. The van der Waals surface area contributed by atoms with Crippen LogP contribution in [-0.4, -0.2) is 68.6 Å². The van der Waals surface area contributed by atoms with Crippen molar-refractivity contribution in [2.45, 2.75) is 6.10 Å². The number of halogens is 2. The third-order valence-electron chi connectivity index (χ3n) is 7.14. The van der Waals surface area contributed by atoms with Gasteiger partial charge < -0.3 is 25.4 Å². The predicted octanol–water partition coefficient (Wildman–Crippen LogP) is 6.03. The van der Waals surface area contributed by atoms with Crippen LogP contribution < -0.4 is 15.4 Å². The largest absolute Gasteiger partial charge is 0.491 e. The van der Waals surface area contributed by atoms with Gasteiger partial charge in [-0.25, -0.2) is 23.7 Å². The zero-order chi connectivity index (χ0) is 32.9. The normalized spacial score (nSPS) is 11.9. The first-order valence-electron chi connectivity index (χ1n) is 14.7. The quantitative estimate of drug-likeness (QED) is 0.158. The number of hydrogen-bond donors (Lipinski definition) is 3. The van der Waals surface area contributed by atoms with E-state index in [1.807, 2.05) is 59.9 Å². The first-order chi connectivity index (χ1) is 22.7. The summed E-state index contributed by atoms with van der Waals surface area (Å²) in [5.41, 5.74) is 3.35. The molecule has 1 amide bonds. The van der Waals surface area contributed by atoms with Gasteiger partial charge in [0.2, 0.25) is 5.95 Å². The zero-order valence-electron chi connectivity index (χ0n) is 25.6. The van der Waals surface area contributed by atoms with E-state index in [2.05, 4.69) is 15.6 Å². The number of likely N-dealkylation sites (N-methyl/N-ethyl adjacent to an activating group) is 1. The molecule has 0 unspecified atom stereocenters. The second kappa shape index (κ2) is 13.7. The van der Waals surface area contributed by atoms with E-state index in [1.54, 1.807) is 48.7 Å². The Morgan fingerprint density at radius 2 is 1.74 bits per heavy atom. The number of para-hydroxylation sites is 1. The fourth-order valence-corrected chi connectivity index (χ4v) is 5.06. The summed E-state index contributed by atoms with van der Waals surface area (Å²) in [4.78, 5) is 29.0. The van der Waals surface area contributed by atoms with Crippen LogP contribution in [0.1, 0.15) is 10.4 Å². The van der Waals surface area contributed by atoms with Crippen LogP contribution in [0, 0.1) is 11.6 Å². The van der Waals surface area contributed by atoms with Crippen LogP contribution in [0.5, 0.6) is 5.75 Å². The Labute approximate surface area is 269 Å². The number of aromatic nitrogens is 4. The number of anilines is 3. The molecule has 47 heavy (non-hydrogen) atoms. The summed E-state index contributed by atoms with van der Waals surface area (Å²) in [7, 11) is 3.76. The third kappa shape index (κ3) is 7.24. The lowest BCUT2D eigenvalue weighted by Crippen LogP contribution is -2.30. The van der Waals surface area contributed by atoms with Crippen LogP contribution >= 0.6 is 0 Å². The highest BCUT2D eigenvalue weighted by Gasteiger charge is 2.20. The number of aliphatic hydroxyl groups is 1. The molecule has 0 radical (unpaired) electrons. The molecule has 238 valence electrons. The Bertz CT molecular complexity index is 2030. The van der Waals surface area contributed by atoms with Gasteiger partial charge in [0, 0.05) is 41.8 Å². The Morgan fingerprint density at radius 1 is 0.957 bits per heavy atom. The molecular weight excluding hydrogens is 604 g/mol. The van der Waals surface area contributed by atoms with Gasteiger partial charge in [-0.15, -0.1) is 0 Å². The molecule has 3 aromatic heterocycles. The number of hydrogen-bond acceptors (Lipinski definition) is 8. The van der Waals surface area contributed by atoms with E-state index < -0.39 is 29.3 Å². The average molecular weight is 636 g/mol. The fraction of sp³-hybridized carbons (Fsp3) is 0.143. The molecule has 0 spiro atoms. The van der Waals surface area contributed by atoms with Crippen LogP contribution in [0.4, 0.5) is 26.1 Å². The molecule has 0 bridgehead atoms. The third-order valence-corrected chi connectivity index (χ3v) is 7.14. The molecule has 12 heteroatoms. The molecule has 3 heterocycles. The van der Waals surface area contributed by atoms with E-state index in [0.29, 0.717) is 52.2 Å². The summed E-state index contributed by atoms with van der Waals surface area (Å²) in [6.45, 7) is 0.628. The molecule has 0 aliphatic rings. The van der Waals surface area contributed by atoms with Crippen molar-refractivity contribution in [1.29, 1.82) is 0 Å². The van der Waals surface area contributed by atoms with Crippen molar-refractivity contribution in [3.63, 3.8) is 0 Å². The van der Waals surface area contributed by atoms with E-state index >= 15 is 0 Å². The predicted molar refractivity (Wildman–Crippen MR) is 176 cm³/mol. The van der Waals surface area contributed by atoms with Crippen molar-refractivity contribution in [3.05, 3.63) is 121 Å². The van der Waals surface area contributed by atoms with Gasteiger partial charge in [-0.1, -0.05) is 30.3 Å². The lowest BCUT2D eigenvalue weighted by atomic mass is 10.0. The second-order valence-electron chi connectivity index (χ2n) is 11.0. The van der Waals surface area contributed by atoms with Gasteiger partial charge in [-0.05, 0) is 68.7 Å². The van der Waals surface area contributed by atoms with E-state index in [-0.39, 0.29) is 12.2 Å². The summed E-state index contributed by atoms with van der Waals surface area (Å²) >= 11 is 0. The first-order valence-corrected chi connectivity index (χ1v) is 14.7. The summed E-state index contributed by atoms with van der Waals surface area (Å²) in [6.07, 6.45) is 2.85. The Morgan fingerprint density at radius 3 is 2.55 bits per heavy atom. The lowest BCUT2D eigenvalue weighted by molar-refractivity contribution is 0.0831. The standard InChI is InChI=1S/C35H31F2N7O3/c1-43(2)20-25(45)21-47-26-11-6-10-24(19-26)39-35-38-16-15-29(40-35)33-31(41-30-14-3-4-17-44(30)33)22-8-5-9-23(18-22)34(46)42-32-27(36)12-7-13-28(32)37/h3-19,25,45H,20-21H2,1-2H3,(H,42,46)(H,38,39,40)/t25-/m0/s1. The fourth-order valence-electron chi connectivity index (χ4n) is 5.06. The van der Waals surface area contributed by atoms with Crippen LogP contribution in [0.2, 0.25) is 0 Å². The SMILES string of the molecule is CN(C)C[C@H](O)COc1cccc(Nc2nccc(-c3c(-c4cccc(C(=O)Nc5c(F)cccc5F)c4)nc4ccccn34)n2)c1. The maximum Gasteiger partial charge on any atom is 0.255 e. The molecule has 0 fully saturated rings. The molecule has 6 aromatic rings. The molecule has 0 aliphatic heterocycles. The Kier molecular flexibility index (Phi) is 9.13. The van der Waals surface area contributed by atoms with Crippen LogP contribution in [-0.2, 0) is 0 Å². The highest BCUT2D eigenvalue weighted by atomic mass is 19.1. The van der Waals surface area contributed by atoms with Crippen molar-refractivity contribution < 1.29 is 23.4 Å². The average Bonchev–Trinajstić information content (AvgIpc) is 3.45. The number of amides is 1. The zero-order valence-corrected chi connectivity index (χ0v) is 25.6. The molecule has 0 saturated heterocycles. The molecule has 6 rings (SSSR count).